The predicted octanol–water partition coefficient (Wildman–Crippen LogP) is 4.03. The fraction of sp³-hybridized carbons (Fsp3) is 0.176. The van der Waals surface area contributed by atoms with Crippen molar-refractivity contribution in [1.82, 2.24) is 10.2 Å². The SMILES string of the molecule is COc1cc(-c2nnc(S/C=C/c3ccc([N+](=O)[O-])o3)o2)cc(OC)c1OC. The van der Waals surface area contributed by atoms with Gasteiger partial charge in [-0.3, -0.25) is 10.1 Å². The van der Waals surface area contributed by atoms with Gasteiger partial charge in [0, 0.05) is 5.56 Å². The van der Waals surface area contributed by atoms with E-state index in [4.69, 9.17) is 23.0 Å². The molecule has 2 heterocycles. The highest BCUT2D eigenvalue weighted by Gasteiger charge is 2.17. The van der Waals surface area contributed by atoms with E-state index in [0.717, 1.165) is 11.8 Å². The quantitative estimate of drug-likeness (QED) is 0.308. The standard InChI is InChI=1S/C17H15N3O7S/c1-23-12-8-10(9-13(24-2)15(12)25-3)16-18-19-17(27-16)28-7-6-11-4-5-14(26-11)20(21)22/h4-9H,1-3H3/b7-6+. The van der Waals surface area contributed by atoms with Crippen LogP contribution in [-0.2, 0) is 0 Å². The van der Waals surface area contributed by atoms with Crippen molar-refractivity contribution in [2.45, 2.75) is 5.22 Å². The van der Waals surface area contributed by atoms with Crippen molar-refractivity contribution in [1.29, 1.82) is 0 Å². The highest BCUT2D eigenvalue weighted by atomic mass is 32.2. The lowest BCUT2D eigenvalue weighted by molar-refractivity contribution is -0.402. The summed E-state index contributed by atoms with van der Waals surface area (Å²) in [6, 6.07) is 6.16. The maximum atomic E-state index is 10.6. The molecule has 0 unspecified atom stereocenters. The van der Waals surface area contributed by atoms with Gasteiger partial charge in [0.2, 0.25) is 11.6 Å². The van der Waals surface area contributed by atoms with E-state index in [1.165, 1.54) is 33.5 Å². The molecule has 146 valence electrons. The zero-order valence-corrected chi connectivity index (χ0v) is 15.9. The van der Waals surface area contributed by atoms with E-state index in [9.17, 15) is 10.1 Å². The van der Waals surface area contributed by atoms with Crippen LogP contribution in [-0.4, -0.2) is 36.5 Å². The smallest absolute Gasteiger partial charge is 0.433 e. The van der Waals surface area contributed by atoms with Crippen LogP contribution in [0, 0.1) is 10.1 Å². The number of benzene rings is 1. The van der Waals surface area contributed by atoms with Crippen molar-refractivity contribution < 1.29 is 28.0 Å². The summed E-state index contributed by atoms with van der Waals surface area (Å²) in [7, 11) is 4.54. The van der Waals surface area contributed by atoms with Crippen molar-refractivity contribution in [3.05, 3.63) is 45.5 Å². The number of methoxy groups -OCH3 is 3. The molecule has 0 spiro atoms. The Balaban J connectivity index is 1.76. The summed E-state index contributed by atoms with van der Waals surface area (Å²) in [5, 5.41) is 20.5. The van der Waals surface area contributed by atoms with Crippen LogP contribution in [0.15, 0.2) is 43.7 Å². The van der Waals surface area contributed by atoms with Crippen LogP contribution in [0.5, 0.6) is 17.2 Å². The van der Waals surface area contributed by atoms with Crippen molar-refractivity contribution in [2.24, 2.45) is 0 Å². The molecule has 0 aliphatic heterocycles. The van der Waals surface area contributed by atoms with Crippen LogP contribution in [0.1, 0.15) is 5.76 Å². The van der Waals surface area contributed by atoms with Crippen LogP contribution in [0.25, 0.3) is 17.5 Å². The van der Waals surface area contributed by atoms with Gasteiger partial charge in [-0.15, -0.1) is 10.2 Å². The molecule has 0 amide bonds. The molecule has 0 saturated carbocycles. The molecule has 3 rings (SSSR count). The van der Waals surface area contributed by atoms with Crippen LogP contribution >= 0.6 is 11.8 Å². The highest BCUT2D eigenvalue weighted by molar-refractivity contribution is 8.02. The zero-order chi connectivity index (χ0) is 20.1. The molecular formula is C17H15N3O7S. The van der Waals surface area contributed by atoms with Gasteiger partial charge in [-0.2, -0.15) is 0 Å². The van der Waals surface area contributed by atoms with Gasteiger partial charge in [0.05, 0.1) is 27.4 Å². The summed E-state index contributed by atoms with van der Waals surface area (Å²) in [6.07, 6.45) is 1.56. The minimum Gasteiger partial charge on any atom is -0.493 e. The first kappa shape index (κ1) is 19.3. The lowest BCUT2D eigenvalue weighted by Gasteiger charge is -2.12. The van der Waals surface area contributed by atoms with Gasteiger partial charge in [0.25, 0.3) is 5.22 Å². The summed E-state index contributed by atoms with van der Waals surface area (Å²) in [6.45, 7) is 0. The minimum absolute atomic E-state index is 0.267. The Morgan fingerprint density at radius 2 is 1.79 bits per heavy atom. The maximum absolute atomic E-state index is 10.6. The number of nitrogens with zero attached hydrogens (tertiary/aromatic N) is 3. The Morgan fingerprint density at radius 1 is 1.07 bits per heavy atom. The van der Waals surface area contributed by atoms with Gasteiger partial charge in [-0.1, -0.05) is 0 Å². The van der Waals surface area contributed by atoms with E-state index in [2.05, 4.69) is 10.2 Å². The van der Waals surface area contributed by atoms with Crippen molar-refractivity contribution in [2.75, 3.05) is 21.3 Å². The van der Waals surface area contributed by atoms with Gasteiger partial charge in [0.1, 0.15) is 10.7 Å². The summed E-state index contributed by atoms with van der Waals surface area (Å²) in [5.41, 5.74) is 0.597. The molecule has 0 atom stereocenters. The number of hydrogen-bond acceptors (Lipinski definition) is 10. The third kappa shape index (κ3) is 4.09. The highest BCUT2D eigenvalue weighted by Crippen LogP contribution is 2.41. The van der Waals surface area contributed by atoms with Crippen molar-refractivity contribution in [3.63, 3.8) is 0 Å². The molecule has 0 N–H and O–H groups in total. The average Bonchev–Trinajstić information content (AvgIpc) is 3.36. The maximum Gasteiger partial charge on any atom is 0.433 e. The van der Waals surface area contributed by atoms with Crippen LogP contribution in [0.2, 0.25) is 0 Å². The average molecular weight is 405 g/mol. The van der Waals surface area contributed by atoms with Crippen molar-refractivity contribution in [3.8, 4) is 28.7 Å². The summed E-state index contributed by atoms with van der Waals surface area (Å²) < 4.78 is 26.6. The van der Waals surface area contributed by atoms with E-state index >= 15 is 0 Å². The topological polar surface area (TPSA) is 123 Å². The Labute approximate surface area is 163 Å². The molecule has 0 bridgehead atoms. The Morgan fingerprint density at radius 3 is 2.36 bits per heavy atom. The van der Waals surface area contributed by atoms with Crippen LogP contribution < -0.4 is 14.2 Å². The second kappa shape index (κ2) is 8.48. The van der Waals surface area contributed by atoms with Gasteiger partial charge in [-0.25, -0.2) is 0 Å². The lowest BCUT2D eigenvalue weighted by Crippen LogP contribution is -1.95. The number of thioether (sulfide) groups is 1. The number of furan rings is 1. The zero-order valence-electron chi connectivity index (χ0n) is 15.1. The number of rotatable bonds is 8. The third-order valence-corrected chi connectivity index (χ3v) is 4.15. The van der Waals surface area contributed by atoms with Gasteiger partial charge < -0.3 is 23.0 Å². The molecule has 2 aromatic heterocycles. The third-order valence-electron chi connectivity index (χ3n) is 3.51. The lowest BCUT2D eigenvalue weighted by atomic mass is 10.2. The van der Waals surface area contributed by atoms with E-state index < -0.39 is 4.92 Å². The summed E-state index contributed by atoms with van der Waals surface area (Å²) in [5.74, 6) is 1.66. The fourth-order valence-corrected chi connectivity index (χ4v) is 2.80. The first-order valence-electron chi connectivity index (χ1n) is 7.77. The molecule has 11 heteroatoms. The molecule has 0 aliphatic carbocycles. The summed E-state index contributed by atoms with van der Waals surface area (Å²) >= 11 is 1.14. The second-order valence-electron chi connectivity index (χ2n) is 5.14. The predicted molar refractivity (Wildman–Crippen MR) is 99.6 cm³/mol. The van der Waals surface area contributed by atoms with E-state index in [1.807, 2.05) is 0 Å². The van der Waals surface area contributed by atoms with E-state index in [-0.39, 0.29) is 17.0 Å². The largest absolute Gasteiger partial charge is 0.493 e. The Hall–Kier alpha value is -3.47. The van der Waals surface area contributed by atoms with E-state index in [0.29, 0.717) is 28.6 Å². The number of hydrogen-bond donors (Lipinski definition) is 0. The van der Waals surface area contributed by atoms with E-state index in [1.54, 1.807) is 23.6 Å². The normalized spacial score (nSPS) is 11.0. The van der Waals surface area contributed by atoms with Crippen molar-refractivity contribution >= 4 is 23.7 Å². The molecule has 0 radical (unpaired) electrons. The molecule has 0 fully saturated rings. The van der Waals surface area contributed by atoms with Crippen LogP contribution in [0.4, 0.5) is 5.88 Å². The first-order valence-corrected chi connectivity index (χ1v) is 8.65. The second-order valence-corrected chi connectivity index (χ2v) is 6.00. The molecule has 1 aromatic carbocycles. The number of aromatic nitrogens is 2. The molecule has 10 nitrogen and oxygen atoms in total. The summed E-state index contributed by atoms with van der Waals surface area (Å²) in [4.78, 5) is 10.00. The number of ether oxygens (including phenoxy) is 3. The monoisotopic (exact) mass is 405 g/mol. The molecular weight excluding hydrogens is 390 g/mol. The van der Waals surface area contributed by atoms with Gasteiger partial charge >= 0.3 is 5.88 Å². The number of nitro groups is 1. The molecule has 0 aliphatic rings. The first-order chi connectivity index (χ1) is 13.5. The van der Waals surface area contributed by atoms with Gasteiger partial charge in [-0.05, 0) is 41.4 Å². The Bertz CT molecular complexity index is 987. The van der Waals surface area contributed by atoms with Gasteiger partial charge in [0.15, 0.2) is 11.5 Å². The molecule has 3 aromatic rings. The minimum atomic E-state index is -0.605. The Kier molecular flexibility index (Phi) is 5.84. The molecule has 28 heavy (non-hydrogen) atoms. The fourth-order valence-electron chi connectivity index (χ4n) is 2.27. The molecule has 0 saturated heterocycles. The van der Waals surface area contributed by atoms with Crippen LogP contribution in [0.3, 0.4) is 0 Å².